The Bertz CT molecular complexity index is 789. The Hall–Kier alpha value is -2.63. The monoisotopic (exact) mass is 296 g/mol. The van der Waals surface area contributed by atoms with Gasteiger partial charge < -0.3 is 9.15 Å². The molecule has 1 saturated carbocycles. The minimum absolute atomic E-state index is 0.522. The van der Waals surface area contributed by atoms with Crippen molar-refractivity contribution in [1.82, 2.24) is 20.0 Å². The van der Waals surface area contributed by atoms with Gasteiger partial charge in [0.1, 0.15) is 23.4 Å². The van der Waals surface area contributed by atoms with E-state index >= 15 is 0 Å². The molecule has 2 aromatic heterocycles. The van der Waals surface area contributed by atoms with Gasteiger partial charge in [-0.15, -0.1) is 5.10 Å². The van der Waals surface area contributed by atoms with Crippen LogP contribution in [0.2, 0.25) is 0 Å². The van der Waals surface area contributed by atoms with Crippen molar-refractivity contribution in [3.63, 3.8) is 0 Å². The minimum atomic E-state index is 0.522. The van der Waals surface area contributed by atoms with Gasteiger partial charge in [0.2, 0.25) is 0 Å². The van der Waals surface area contributed by atoms with Crippen LogP contribution in [0.5, 0.6) is 5.75 Å². The maximum Gasteiger partial charge on any atom is 0.197 e. The summed E-state index contributed by atoms with van der Waals surface area (Å²) in [4.78, 5) is 4.50. The van der Waals surface area contributed by atoms with E-state index in [9.17, 15) is 0 Å². The van der Waals surface area contributed by atoms with Crippen LogP contribution in [0.4, 0.5) is 0 Å². The predicted molar refractivity (Wildman–Crippen MR) is 79.6 cm³/mol. The first-order valence-corrected chi connectivity index (χ1v) is 7.31. The van der Waals surface area contributed by atoms with Crippen molar-refractivity contribution in [2.24, 2.45) is 0 Å². The van der Waals surface area contributed by atoms with E-state index in [1.807, 2.05) is 30.5 Å². The van der Waals surface area contributed by atoms with E-state index in [-0.39, 0.29) is 0 Å². The van der Waals surface area contributed by atoms with Gasteiger partial charge >= 0.3 is 0 Å². The average molecular weight is 296 g/mol. The van der Waals surface area contributed by atoms with E-state index < -0.39 is 0 Å². The summed E-state index contributed by atoms with van der Waals surface area (Å²) in [5, 5.41) is 8.38. The van der Waals surface area contributed by atoms with Gasteiger partial charge in [-0.1, -0.05) is 17.3 Å². The lowest BCUT2D eigenvalue weighted by molar-refractivity contribution is 0.416. The van der Waals surface area contributed by atoms with Gasteiger partial charge in [0, 0.05) is 11.5 Å². The van der Waals surface area contributed by atoms with Gasteiger partial charge in [-0.2, -0.15) is 0 Å². The lowest BCUT2D eigenvalue weighted by Crippen LogP contribution is -2.00. The topological polar surface area (TPSA) is 66.0 Å². The molecule has 3 aromatic rings. The van der Waals surface area contributed by atoms with Gasteiger partial charge in [0.25, 0.3) is 0 Å². The Morgan fingerprint density at radius 2 is 2.18 bits per heavy atom. The molecule has 1 aliphatic rings. The molecule has 0 radical (unpaired) electrons. The van der Waals surface area contributed by atoms with Crippen LogP contribution >= 0.6 is 0 Å². The van der Waals surface area contributed by atoms with Crippen molar-refractivity contribution in [2.45, 2.75) is 25.3 Å². The molecule has 2 heterocycles. The Labute approximate surface area is 127 Å². The maximum absolute atomic E-state index is 5.50. The van der Waals surface area contributed by atoms with Gasteiger partial charge in [0.15, 0.2) is 5.89 Å². The maximum atomic E-state index is 5.50. The highest BCUT2D eigenvalue weighted by Crippen LogP contribution is 2.39. The van der Waals surface area contributed by atoms with Crippen molar-refractivity contribution >= 4 is 0 Å². The van der Waals surface area contributed by atoms with E-state index in [4.69, 9.17) is 9.15 Å². The third-order valence-corrected chi connectivity index (χ3v) is 3.74. The van der Waals surface area contributed by atoms with Crippen molar-refractivity contribution in [1.29, 1.82) is 0 Å². The third kappa shape index (κ3) is 2.47. The second kappa shape index (κ2) is 5.29. The summed E-state index contributed by atoms with van der Waals surface area (Å²) in [6.07, 6.45) is 5.96. The van der Waals surface area contributed by atoms with Gasteiger partial charge in [-0.05, 0) is 25.0 Å². The zero-order chi connectivity index (χ0) is 14.9. The summed E-state index contributed by atoms with van der Waals surface area (Å²) < 4.78 is 12.6. The Kier molecular flexibility index (Phi) is 3.14. The summed E-state index contributed by atoms with van der Waals surface area (Å²) in [5.41, 5.74) is 2.58. The zero-order valence-electron chi connectivity index (χ0n) is 12.3. The number of benzene rings is 1. The lowest BCUT2D eigenvalue weighted by Gasteiger charge is -2.04. The number of ether oxygens (including phenoxy) is 1. The van der Waals surface area contributed by atoms with Crippen LogP contribution < -0.4 is 4.74 Å². The molecule has 0 amide bonds. The molecule has 1 fully saturated rings. The summed E-state index contributed by atoms with van der Waals surface area (Å²) in [6.45, 7) is 0.554. The summed E-state index contributed by atoms with van der Waals surface area (Å²) in [6, 6.07) is 7.76. The van der Waals surface area contributed by atoms with Gasteiger partial charge in [-0.25, -0.2) is 9.67 Å². The molecule has 6 nitrogen and oxygen atoms in total. The molecule has 0 unspecified atom stereocenters. The first-order chi connectivity index (χ1) is 10.8. The molecule has 1 aliphatic carbocycles. The largest absolute Gasteiger partial charge is 0.496 e. The van der Waals surface area contributed by atoms with Gasteiger partial charge in [-0.3, -0.25) is 0 Å². The molecule has 0 bridgehead atoms. The second-order valence-corrected chi connectivity index (χ2v) is 5.45. The highest BCUT2D eigenvalue weighted by Gasteiger charge is 2.28. The van der Waals surface area contributed by atoms with Crippen molar-refractivity contribution in [2.75, 3.05) is 7.11 Å². The number of methoxy groups -OCH3 is 1. The van der Waals surface area contributed by atoms with E-state index in [2.05, 4.69) is 15.3 Å². The van der Waals surface area contributed by atoms with Crippen LogP contribution in [0.3, 0.4) is 0 Å². The molecule has 0 aliphatic heterocycles. The molecular formula is C16H16N4O2. The third-order valence-electron chi connectivity index (χ3n) is 3.74. The Balaban J connectivity index is 1.55. The van der Waals surface area contributed by atoms with Crippen LogP contribution in [0.1, 0.15) is 30.3 Å². The van der Waals surface area contributed by atoms with Crippen molar-refractivity contribution < 1.29 is 9.15 Å². The predicted octanol–water partition coefficient (Wildman–Crippen LogP) is 2.87. The normalized spacial score (nSPS) is 14.2. The van der Waals surface area contributed by atoms with Crippen molar-refractivity contribution in [3.05, 3.63) is 48.3 Å². The van der Waals surface area contributed by atoms with Crippen LogP contribution in [0, 0.1) is 0 Å². The minimum Gasteiger partial charge on any atom is -0.496 e. The molecule has 0 N–H and O–H groups in total. The standard InChI is InChI=1S/C16H16N4O2/c1-21-15-5-3-2-4-13(15)14-9-20(19-18-14)8-12-10-22-16(17-12)11-6-7-11/h2-5,9-11H,6-8H2,1H3. The van der Waals surface area contributed by atoms with Crippen molar-refractivity contribution in [3.8, 4) is 17.0 Å². The molecule has 22 heavy (non-hydrogen) atoms. The average Bonchev–Trinajstić information content (AvgIpc) is 3.13. The summed E-state index contributed by atoms with van der Waals surface area (Å²) in [5.74, 6) is 2.15. The summed E-state index contributed by atoms with van der Waals surface area (Å²) in [7, 11) is 1.65. The number of nitrogens with zero attached hydrogens (tertiary/aromatic N) is 4. The molecule has 1 aromatic carbocycles. The van der Waals surface area contributed by atoms with Crippen LogP contribution in [0.15, 0.2) is 41.1 Å². The van der Waals surface area contributed by atoms with Crippen LogP contribution in [0.25, 0.3) is 11.3 Å². The highest BCUT2D eigenvalue weighted by atomic mass is 16.5. The lowest BCUT2D eigenvalue weighted by atomic mass is 10.1. The first kappa shape index (κ1) is 13.1. The molecule has 6 heteroatoms. The van der Waals surface area contributed by atoms with Crippen LogP contribution in [-0.4, -0.2) is 27.1 Å². The van der Waals surface area contributed by atoms with Crippen LogP contribution in [-0.2, 0) is 6.54 Å². The number of aromatic nitrogens is 4. The quantitative estimate of drug-likeness (QED) is 0.724. The molecule has 112 valence electrons. The zero-order valence-corrected chi connectivity index (χ0v) is 12.3. The van der Waals surface area contributed by atoms with E-state index in [0.717, 1.165) is 28.6 Å². The number of hydrogen-bond acceptors (Lipinski definition) is 5. The number of para-hydroxylation sites is 1. The summed E-state index contributed by atoms with van der Waals surface area (Å²) >= 11 is 0. The van der Waals surface area contributed by atoms with E-state index in [1.165, 1.54) is 12.8 Å². The number of hydrogen-bond donors (Lipinski definition) is 0. The Morgan fingerprint density at radius 1 is 1.32 bits per heavy atom. The van der Waals surface area contributed by atoms with Gasteiger partial charge in [0.05, 0.1) is 19.9 Å². The van der Waals surface area contributed by atoms with E-state index in [0.29, 0.717) is 12.5 Å². The number of rotatable bonds is 5. The molecule has 0 atom stereocenters. The fraction of sp³-hybridized carbons (Fsp3) is 0.312. The second-order valence-electron chi connectivity index (χ2n) is 5.45. The van der Waals surface area contributed by atoms with E-state index in [1.54, 1.807) is 18.1 Å². The molecule has 4 rings (SSSR count). The number of oxazole rings is 1. The first-order valence-electron chi connectivity index (χ1n) is 7.31. The fourth-order valence-electron chi connectivity index (χ4n) is 2.43. The highest BCUT2D eigenvalue weighted by molar-refractivity contribution is 5.65. The molecule has 0 spiro atoms. The fourth-order valence-corrected chi connectivity index (χ4v) is 2.43. The SMILES string of the molecule is COc1ccccc1-c1cn(Cc2coc(C3CC3)n2)nn1. The molecule has 0 saturated heterocycles. The molecular weight excluding hydrogens is 280 g/mol. The smallest absolute Gasteiger partial charge is 0.197 e. The Morgan fingerprint density at radius 3 is 3.00 bits per heavy atom.